The smallest absolute Gasteiger partial charge is 0.414 e. The fraction of sp³-hybridized carbons (Fsp3) is 0.533. The summed E-state index contributed by atoms with van der Waals surface area (Å²) >= 11 is 0. The molecule has 0 bridgehead atoms. The van der Waals surface area contributed by atoms with Gasteiger partial charge in [0, 0.05) is 17.9 Å². The number of nitrogens with zero attached hydrogens (tertiary/aromatic N) is 1. The summed E-state index contributed by atoms with van der Waals surface area (Å²) in [6.45, 7) is 4.34. The van der Waals surface area contributed by atoms with Crippen molar-refractivity contribution in [2.45, 2.75) is 12.8 Å². The highest BCUT2D eigenvalue weighted by Gasteiger charge is 2.23. The van der Waals surface area contributed by atoms with Gasteiger partial charge in [-0.25, -0.2) is 4.79 Å². The number of hydrogen-bond donors (Lipinski definition) is 2. The minimum atomic E-state index is -0.250. The van der Waals surface area contributed by atoms with E-state index in [4.69, 9.17) is 4.74 Å². The number of rotatable bonds is 4. The number of piperidine rings is 1. The van der Waals surface area contributed by atoms with Gasteiger partial charge < -0.3 is 15.4 Å². The molecule has 5 heteroatoms. The van der Waals surface area contributed by atoms with Gasteiger partial charge in [0.25, 0.3) is 0 Å². The number of carbonyl (C=O) groups is 1. The van der Waals surface area contributed by atoms with Crippen LogP contribution >= 0.6 is 0 Å². The highest BCUT2D eigenvalue weighted by atomic mass is 16.6. The molecule has 2 N–H and O–H groups in total. The van der Waals surface area contributed by atoms with E-state index >= 15 is 0 Å². The summed E-state index contributed by atoms with van der Waals surface area (Å²) in [4.78, 5) is 13.2. The van der Waals surface area contributed by atoms with Crippen molar-refractivity contribution >= 4 is 17.5 Å². The van der Waals surface area contributed by atoms with Crippen molar-refractivity contribution in [2.75, 3.05) is 43.0 Å². The Labute approximate surface area is 119 Å². The van der Waals surface area contributed by atoms with Crippen LogP contribution in [-0.4, -0.2) is 38.9 Å². The Morgan fingerprint density at radius 3 is 2.95 bits per heavy atom. The van der Waals surface area contributed by atoms with Crippen molar-refractivity contribution < 1.29 is 9.53 Å². The number of carbonyl (C=O) groups excluding carboxylic acids is 1. The van der Waals surface area contributed by atoms with E-state index in [1.165, 1.54) is 12.8 Å². The summed E-state index contributed by atoms with van der Waals surface area (Å²) in [5.41, 5.74) is 1.98. The van der Waals surface area contributed by atoms with Gasteiger partial charge in [-0.05, 0) is 50.0 Å². The van der Waals surface area contributed by atoms with E-state index in [2.05, 4.69) is 10.6 Å². The number of nitrogens with one attached hydrogen (secondary N) is 2. The maximum Gasteiger partial charge on any atom is 0.414 e. The molecule has 0 radical (unpaired) electrons. The Morgan fingerprint density at radius 2 is 2.20 bits per heavy atom. The monoisotopic (exact) mass is 275 g/mol. The van der Waals surface area contributed by atoms with Gasteiger partial charge in [-0.2, -0.15) is 0 Å². The zero-order valence-electron chi connectivity index (χ0n) is 11.6. The quantitative estimate of drug-likeness (QED) is 0.883. The first kappa shape index (κ1) is 13.2. The average molecular weight is 275 g/mol. The Morgan fingerprint density at radius 1 is 1.35 bits per heavy atom. The lowest BCUT2D eigenvalue weighted by atomic mass is 9.98. The van der Waals surface area contributed by atoms with E-state index in [1.54, 1.807) is 4.90 Å². The van der Waals surface area contributed by atoms with Gasteiger partial charge in [-0.3, -0.25) is 4.90 Å². The number of amides is 1. The van der Waals surface area contributed by atoms with Crippen LogP contribution in [-0.2, 0) is 4.74 Å². The molecule has 2 fully saturated rings. The average Bonchev–Trinajstić information content (AvgIpc) is 2.93. The van der Waals surface area contributed by atoms with E-state index in [1.807, 2.05) is 24.3 Å². The highest BCUT2D eigenvalue weighted by molar-refractivity contribution is 5.89. The zero-order valence-corrected chi connectivity index (χ0v) is 11.6. The molecule has 0 spiro atoms. The van der Waals surface area contributed by atoms with Gasteiger partial charge in [0.05, 0.1) is 6.54 Å². The largest absolute Gasteiger partial charge is 0.447 e. The Bertz CT molecular complexity index is 472. The molecule has 0 aromatic heterocycles. The first-order valence-corrected chi connectivity index (χ1v) is 7.32. The van der Waals surface area contributed by atoms with Gasteiger partial charge in [0.2, 0.25) is 0 Å². The van der Waals surface area contributed by atoms with Gasteiger partial charge in [-0.1, -0.05) is 6.07 Å². The van der Waals surface area contributed by atoms with Gasteiger partial charge in [0.15, 0.2) is 0 Å². The fourth-order valence-corrected chi connectivity index (χ4v) is 2.76. The number of ether oxygens (including phenoxy) is 1. The lowest BCUT2D eigenvalue weighted by molar-refractivity contribution is 0.181. The van der Waals surface area contributed by atoms with Crippen molar-refractivity contribution in [3.05, 3.63) is 24.3 Å². The molecule has 2 aliphatic heterocycles. The number of cyclic esters (lactones) is 1. The van der Waals surface area contributed by atoms with Gasteiger partial charge in [-0.15, -0.1) is 0 Å². The molecule has 0 aliphatic carbocycles. The normalized spacial score (nSPS) is 20.0. The first-order valence-electron chi connectivity index (χ1n) is 7.32. The van der Waals surface area contributed by atoms with E-state index in [9.17, 15) is 4.79 Å². The zero-order chi connectivity index (χ0) is 13.8. The van der Waals surface area contributed by atoms with Crippen LogP contribution in [0.3, 0.4) is 0 Å². The van der Waals surface area contributed by atoms with Gasteiger partial charge >= 0.3 is 6.09 Å². The molecular formula is C15H21N3O2. The van der Waals surface area contributed by atoms with Crippen molar-refractivity contribution in [2.24, 2.45) is 5.92 Å². The molecule has 0 unspecified atom stereocenters. The molecule has 5 nitrogen and oxygen atoms in total. The van der Waals surface area contributed by atoms with Crippen LogP contribution in [0.5, 0.6) is 0 Å². The van der Waals surface area contributed by atoms with Gasteiger partial charge in [0.1, 0.15) is 6.61 Å². The predicted molar refractivity (Wildman–Crippen MR) is 79.2 cm³/mol. The molecule has 2 aliphatic rings. The minimum absolute atomic E-state index is 0.250. The second-order valence-electron chi connectivity index (χ2n) is 5.39. The molecule has 1 amide bonds. The van der Waals surface area contributed by atoms with Crippen molar-refractivity contribution in [3.63, 3.8) is 0 Å². The summed E-state index contributed by atoms with van der Waals surface area (Å²) in [6.07, 6.45) is 2.21. The van der Waals surface area contributed by atoms with Crippen LogP contribution in [0, 0.1) is 5.92 Å². The third-order valence-corrected chi connectivity index (χ3v) is 3.97. The SMILES string of the molecule is O=C1OCCN1c1cccc(NCC2CCNCC2)c1. The van der Waals surface area contributed by atoms with E-state index in [0.29, 0.717) is 13.2 Å². The molecule has 20 heavy (non-hydrogen) atoms. The molecule has 1 aromatic carbocycles. The molecular weight excluding hydrogens is 254 g/mol. The van der Waals surface area contributed by atoms with Crippen molar-refractivity contribution in [1.82, 2.24) is 5.32 Å². The third-order valence-electron chi connectivity index (χ3n) is 3.97. The summed E-state index contributed by atoms with van der Waals surface area (Å²) in [5, 5.41) is 6.86. The Balaban J connectivity index is 1.60. The molecule has 2 saturated heterocycles. The second kappa shape index (κ2) is 6.13. The van der Waals surface area contributed by atoms with Crippen LogP contribution in [0.25, 0.3) is 0 Å². The molecule has 108 valence electrons. The van der Waals surface area contributed by atoms with Crippen LogP contribution in [0.15, 0.2) is 24.3 Å². The Kier molecular flexibility index (Phi) is 4.06. The van der Waals surface area contributed by atoms with Crippen LogP contribution in [0.1, 0.15) is 12.8 Å². The summed E-state index contributed by atoms with van der Waals surface area (Å²) in [7, 11) is 0. The maximum atomic E-state index is 11.6. The van der Waals surface area contributed by atoms with Crippen molar-refractivity contribution in [3.8, 4) is 0 Å². The summed E-state index contributed by atoms with van der Waals surface area (Å²) in [5.74, 6) is 0.733. The number of benzene rings is 1. The lowest BCUT2D eigenvalue weighted by Gasteiger charge is -2.23. The molecule has 0 atom stereocenters. The summed E-state index contributed by atoms with van der Waals surface area (Å²) in [6, 6.07) is 7.99. The minimum Gasteiger partial charge on any atom is -0.447 e. The molecule has 0 saturated carbocycles. The maximum absolute atomic E-state index is 11.6. The molecule has 2 heterocycles. The number of hydrogen-bond acceptors (Lipinski definition) is 4. The van der Waals surface area contributed by atoms with E-state index in [0.717, 1.165) is 36.9 Å². The topological polar surface area (TPSA) is 53.6 Å². The van der Waals surface area contributed by atoms with E-state index in [-0.39, 0.29) is 6.09 Å². The fourth-order valence-electron chi connectivity index (χ4n) is 2.76. The van der Waals surface area contributed by atoms with Crippen LogP contribution in [0.4, 0.5) is 16.2 Å². The second-order valence-corrected chi connectivity index (χ2v) is 5.39. The lowest BCUT2D eigenvalue weighted by Crippen LogP contribution is -2.31. The predicted octanol–water partition coefficient (Wildman–Crippen LogP) is 2.05. The first-order chi connectivity index (χ1) is 9.83. The van der Waals surface area contributed by atoms with Crippen molar-refractivity contribution in [1.29, 1.82) is 0 Å². The van der Waals surface area contributed by atoms with E-state index < -0.39 is 0 Å². The van der Waals surface area contributed by atoms with Crippen LogP contribution < -0.4 is 15.5 Å². The molecule has 1 aromatic rings. The van der Waals surface area contributed by atoms with Crippen LogP contribution in [0.2, 0.25) is 0 Å². The Hall–Kier alpha value is -1.75. The standard InChI is InChI=1S/C15H21N3O2/c19-15-18(8-9-20-15)14-3-1-2-13(10-14)17-11-12-4-6-16-7-5-12/h1-3,10,12,16-17H,4-9,11H2. The summed E-state index contributed by atoms with van der Waals surface area (Å²) < 4.78 is 4.97. The number of anilines is 2. The molecule has 3 rings (SSSR count). The third kappa shape index (κ3) is 3.04. The highest BCUT2D eigenvalue weighted by Crippen LogP contribution is 2.23.